The molecule has 1 amide bonds. The first-order valence-electron chi connectivity index (χ1n) is 16.7. The largest absolute Gasteiger partial charge is 0.381 e. The van der Waals surface area contributed by atoms with E-state index in [9.17, 15) is 24.8 Å². The maximum atomic E-state index is 14.7. The van der Waals surface area contributed by atoms with Gasteiger partial charge in [-0.05, 0) is 80.3 Å². The number of allylic oxidation sites excluding steroid dienone is 3. The van der Waals surface area contributed by atoms with E-state index in [4.69, 9.17) is 4.74 Å². The number of nitrogens with zero attached hydrogens (tertiary/aromatic N) is 2. The second-order valence-corrected chi connectivity index (χ2v) is 16.9. The molecule has 4 fully saturated rings. The fraction of sp³-hybridized carbons (Fsp3) is 0.778. The van der Waals surface area contributed by atoms with Gasteiger partial charge in [0.05, 0.1) is 25.3 Å². The fourth-order valence-corrected chi connectivity index (χ4v) is 11.2. The van der Waals surface area contributed by atoms with Crippen molar-refractivity contribution in [2.24, 2.45) is 38.9 Å². The van der Waals surface area contributed by atoms with Gasteiger partial charge < -0.3 is 15.2 Å². The third-order valence-electron chi connectivity index (χ3n) is 14.2. The molecule has 0 aromatic heterocycles. The van der Waals surface area contributed by atoms with Gasteiger partial charge in [-0.1, -0.05) is 47.6 Å². The number of Topliss-reactive ketones (excluding diaryl/α,β-unsaturated/α-hetero) is 1. The lowest BCUT2D eigenvalue weighted by Gasteiger charge is -2.71. The van der Waals surface area contributed by atoms with Gasteiger partial charge in [0.2, 0.25) is 5.91 Å². The smallest absolute Gasteiger partial charge is 0.234 e. The molecule has 3 saturated carbocycles. The van der Waals surface area contributed by atoms with Crippen molar-refractivity contribution in [2.45, 2.75) is 105 Å². The van der Waals surface area contributed by atoms with Crippen LogP contribution in [0.15, 0.2) is 23.3 Å². The third kappa shape index (κ3) is 4.07. The molecule has 0 radical (unpaired) electrons. The van der Waals surface area contributed by atoms with Crippen molar-refractivity contribution in [1.29, 1.82) is 5.26 Å². The Morgan fingerprint density at radius 2 is 1.68 bits per heavy atom. The Morgan fingerprint density at radius 3 is 2.34 bits per heavy atom. The summed E-state index contributed by atoms with van der Waals surface area (Å²) in [7, 11) is 0. The lowest BCUT2D eigenvalue weighted by Crippen LogP contribution is -2.74. The highest BCUT2D eigenvalue weighted by molar-refractivity contribution is 6.05. The van der Waals surface area contributed by atoms with Crippen LogP contribution in [-0.2, 0) is 19.1 Å². The molecule has 6 aliphatic rings. The van der Waals surface area contributed by atoms with E-state index in [0.29, 0.717) is 32.6 Å². The van der Waals surface area contributed by atoms with Gasteiger partial charge in [-0.25, -0.2) is 0 Å². The Balaban J connectivity index is 1.39. The van der Waals surface area contributed by atoms with Gasteiger partial charge >= 0.3 is 0 Å². The van der Waals surface area contributed by atoms with Crippen LogP contribution in [0.1, 0.15) is 93.4 Å². The molecular weight excluding hydrogens is 554 g/mol. The van der Waals surface area contributed by atoms with E-state index in [1.165, 1.54) is 0 Å². The van der Waals surface area contributed by atoms with Gasteiger partial charge in [0.1, 0.15) is 11.7 Å². The number of hydrogen-bond donors (Lipinski definition) is 2. The molecule has 2 N–H and O–H groups in total. The molecule has 5 aliphatic carbocycles. The number of rotatable bonds is 3. The average molecular weight is 606 g/mol. The minimum absolute atomic E-state index is 0.0199. The summed E-state index contributed by atoms with van der Waals surface area (Å²) in [6.45, 7) is 17.7. The molecule has 0 unspecified atom stereocenters. The van der Waals surface area contributed by atoms with E-state index in [2.05, 4.69) is 50.9 Å². The van der Waals surface area contributed by atoms with Crippen LogP contribution in [0.4, 0.5) is 0 Å². The number of aliphatic hydroxyl groups is 1. The molecule has 0 bridgehead atoms. The Morgan fingerprint density at radius 1 is 1.02 bits per heavy atom. The van der Waals surface area contributed by atoms with Crippen molar-refractivity contribution < 1.29 is 24.2 Å². The minimum atomic E-state index is -1.60. The van der Waals surface area contributed by atoms with Crippen LogP contribution >= 0.6 is 0 Å². The normalized spacial score (nSPS) is 46.7. The lowest BCUT2D eigenvalue weighted by molar-refractivity contribution is -0.240. The van der Waals surface area contributed by atoms with E-state index in [0.717, 1.165) is 50.8 Å². The van der Waals surface area contributed by atoms with E-state index in [1.54, 1.807) is 6.08 Å². The zero-order valence-electron chi connectivity index (χ0n) is 27.8. The highest BCUT2D eigenvalue weighted by Gasteiger charge is 2.75. The average Bonchev–Trinajstić information content (AvgIpc) is 2.96. The van der Waals surface area contributed by atoms with Crippen LogP contribution in [0.25, 0.3) is 0 Å². The van der Waals surface area contributed by atoms with Crippen LogP contribution in [0.5, 0.6) is 0 Å². The summed E-state index contributed by atoms with van der Waals surface area (Å²) in [6.07, 6.45) is 8.87. The molecule has 8 atom stereocenters. The SMILES string of the molecule is CC1(C)C(=O)C(C#N)=C[C@]2(C)C3=CC(=O)[C@]4(O)[C@@H]5C[C@@](C)(NC(=O)CN6CCOCC6)CC[C@@]5(C)CC[C@@]4(C)[C@]3(C)CC[C@@H]12. The van der Waals surface area contributed by atoms with Gasteiger partial charge in [0.15, 0.2) is 11.6 Å². The summed E-state index contributed by atoms with van der Waals surface area (Å²) >= 11 is 0. The first kappa shape index (κ1) is 31.6. The molecule has 8 nitrogen and oxygen atoms in total. The minimum Gasteiger partial charge on any atom is -0.381 e. The number of nitriles is 1. The van der Waals surface area contributed by atoms with Gasteiger partial charge in [0.25, 0.3) is 0 Å². The molecule has 0 aromatic rings. The highest BCUT2D eigenvalue weighted by Crippen LogP contribution is 2.75. The van der Waals surface area contributed by atoms with E-state index >= 15 is 0 Å². The molecule has 240 valence electrons. The number of amides is 1. The second-order valence-electron chi connectivity index (χ2n) is 16.9. The Labute approximate surface area is 262 Å². The van der Waals surface area contributed by atoms with Crippen molar-refractivity contribution in [3.8, 4) is 6.07 Å². The first-order chi connectivity index (χ1) is 20.4. The number of ketones is 2. The van der Waals surface area contributed by atoms with Crippen molar-refractivity contribution in [1.82, 2.24) is 10.2 Å². The Kier molecular flexibility index (Phi) is 7.07. The van der Waals surface area contributed by atoms with Gasteiger partial charge in [-0.15, -0.1) is 0 Å². The highest BCUT2D eigenvalue weighted by atomic mass is 16.5. The summed E-state index contributed by atoms with van der Waals surface area (Å²) in [5.41, 5.74) is -3.86. The molecule has 44 heavy (non-hydrogen) atoms. The summed E-state index contributed by atoms with van der Waals surface area (Å²) in [4.78, 5) is 43.3. The summed E-state index contributed by atoms with van der Waals surface area (Å²) in [6, 6.07) is 2.16. The number of hydrogen-bond acceptors (Lipinski definition) is 7. The lowest BCUT2D eigenvalue weighted by atomic mass is 9.33. The number of carbonyl (C=O) groups excluding carboxylic acids is 3. The van der Waals surface area contributed by atoms with Crippen molar-refractivity contribution >= 4 is 17.5 Å². The second kappa shape index (κ2) is 9.83. The topological polar surface area (TPSA) is 120 Å². The molecule has 1 aliphatic heterocycles. The summed E-state index contributed by atoms with van der Waals surface area (Å²) < 4.78 is 5.44. The standard InChI is InChI=1S/C36H51N3O5/c1-30(2)24-8-9-34(6)25(33(24,5)19-23(21-37)29(30)42)18-27(40)36(43)26-20-32(4,12-10-31(26,3)11-13-35(34,36)7)38-28(41)22-39-14-16-44-17-15-39/h18-19,24,26,43H,8-17,20,22H2,1-7H3,(H,38,41)/t24-,26+,31-,32-,33-,34+,35-,36+/m0/s1. The maximum Gasteiger partial charge on any atom is 0.234 e. The molecule has 6 rings (SSSR count). The quantitative estimate of drug-likeness (QED) is 0.485. The first-order valence-corrected chi connectivity index (χ1v) is 16.7. The summed E-state index contributed by atoms with van der Waals surface area (Å²) in [5.74, 6) is -0.764. The van der Waals surface area contributed by atoms with Gasteiger partial charge in [-0.3, -0.25) is 19.3 Å². The van der Waals surface area contributed by atoms with Crippen molar-refractivity contribution in [2.75, 3.05) is 32.8 Å². The Bertz CT molecular complexity index is 1400. The molecule has 8 heteroatoms. The zero-order valence-corrected chi connectivity index (χ0v) is 27.8. The molecule has 0 spiro atoms. The van der Waals surface area contributed by atoms with Crippen molar-refractivity contribution in [3.63, 3.8) is 0 Å². The van der Waals surface area contributed by atoms with Crippen LogP contribution in [0, 0.1) is 50.2 Å². The fourth-order valence-electron chi connectivity index (χ4n) is 11.2. The monoisotopic (exact) mass is 605 g/mol. The molecule has 0 aromatic carbocycles. The van der Waals surface area contributed by atoms with Gasteiger partial charge in [0, 0.05) is 40.8 Å². The van der Waals surface area contributed by atoms with Crippen LogP contribution in [0.2, 0.25) is 0 Å². The Hall–Kier alpha value is -2.34. The molecule has 1 heterocycles. The van der Waals surface area contributed by atoms with Gasteiger partial charge in [-0.2, -0.15) is 5.26 Å². The molecular formula is C36H51N3O5. The predicted molar refractivity (Wildman–Crippen MR) is 166 cm³/mol. The van der Waals surface area contributed by atoms with E-state index in [-0.39, 0.29) is 40.3 Å². The van der Waals surface area contributed by atoms with E-state index in [1.807, 2.05) is 19.9 Å². The number of nitrogens with one attached hydrogen (secondary N) is 1. The predicted octanol–water partition coefficient (Wildman–Crippen LogP) is 4.52. The third-order valence-corrected chi connectivity index (χ3v) is 14.2. The van der Waals surface area contributed by atoms with Crippen LogP contribution in [0.3, 0.4) is 0 Å². The summed E-state index contributed by atoms with van der Waals surface area (Å²) in [5, 5.41) is 26.4. The van der Waals surface area contributed by atoms with Crippen LogP contribution in [-0.4, -0.2) is 71.5 Å². The molecule has 1 saturated heterocycles. The zero-order chi connectivity index (χ0) is 32.1. The number of morpholine rings is 1. The van der Waals surface area contributed by atoms with Crippen molar-refractivity contribution in [3.05, 3.63) is 23.3 Å². The number of fused-ring (bicyclic) bond motifs is 7. The number of carbonyl (C=O) groups is 3. The van der Waals surface area contributed by atoms with Crippen LogP contribution < -0.4 is 5.32 Å². The maximum absolute atomic E-state index is 14.7. The van der Waals surface area contributed by atoms with E-state index < -0.39 is 32.8 Å². The number of ether oxygens (including phenoxy) is 1.